The molecular formula is C25H23N3O7. The summed E-state index contributed by atoms with van der Waals surface area (Å²) in [4.78, 5) is 56.1. The van der Waals surface area contributed by atoms with Gasteiger partial charge in [-0.25, -0.2) is 14.4 Å². The average molecular weight is 477 g/mol. The smallest absolute Gasteiger partial charge is 0.355 e. The third-order valence-corrected chi connectivity index (χ3v) is 4.96. The van der Waals surface area contributed by atoms with E-state index in [2.05, 4.69) is 10.3 Å². The summed E-state index contributed by atoms with van der Waals surface area (Å²) in [5.41, 5.74) is 0.730. The van der Waals surface area contributed by atoms with Gasteiger partial charge < -0.3 is 24.4 Å². The molecule has 2 aromatic rings. The summed E-state index contributed by atoms with van der Waals surface area (Å²) in [5.74, 6) is -2.77. The topological polar surface area (TPSA) is 124 Å². The first-order valence-corrected chi connectivity index (χ1v) is 10.4. The second-order valence-corrected chi connectivity index (χ2v) is 7.09. The number of pyridine rings is 1. The highest BCUT2D eigenvalue weighted by Crippen LogP contribution is 2.36. The molecule has 1 amide bonds. The van der Waals surface area contributed by atoms with Crippen LogP contribution in [0, 0.1) is 0 Å². The molecule has 10 nitrogen and oxygen atoms in total. The van der Waals surface area contributed by atoms with E-state index in [0.29, 0.717) is 0 Å². The fourth-order valence-electron chi connectivity index (χ4n) is 3.40. The molecule has 0 saturated heterocycles. The third kappa shape index (κ3) is 5.61. The number of nitrogens with one attached hydrogen (secondary N) is 1. The summed E-state index contributed by atoms with van der Waals surface area (Å²) in [5, 5.41) is 2.78. The Kier molecular flexibility index (Phi) is 8.12. The molecule has 0 bridgehead atoms. The number of methoxy groups -OCH3 is 3. The summed E-state index contributed by atoms with van der Waals surface area (Å²) < 4.78 is 14.7. The largest absolute Gasteiger partial charge is 0.465 e. The van der Waals surface area contributed by atoms with Crippen molar-refractivity contribution in [2.45, 2.75) is 6.42 Å². The lowest BCUT2D eigenvalue weighted by Crippen LogP contribution is -2.29. The van der Waals surface area contributed by atoms with Crippen LogP contribution in [-0.2, 0) is 35.0 Å². The van der Waals surface area contributed by atoms with E-state index in [1.54, 1.807) is 42.7 Å². The van der Waals surface area contributed by atoms with Gasteiger partial charge in [0.2, 0.25) is 5.91 Å². The number of ether oxygens (including phenoxy) is 3. The number of benzene rings is 1. The molecule has 180 valence electrons. The van der Waals surface area contributed by atoms with Crippen LogP contribution in [0.3, 0.4) is 0 Å². The van der Waals surface area contributed by atoms with Crippen molar-refractivity contribution in [3.63, 3.8) is 0 Å². The minimum atomic E-state index is -0.865. The SMILES string of the molecule is COC(=O)C1=C(C(=O)OC)N(c2c(NC(=O)Cc3ccncc3)cccc2C(=O)OC)C=CC=C1. The molecule has 0 saturated carbocycles. The van der Waals surface area contributed by atoms with Crippen molar-refractivity contribution in [3.8, 4) is 0 Å². The Morgan fingerprint density at radius 3 is 2.23 bits per heavy atom. The molecular weight excluding hydrogens is 454 g/mol. The van der Waals surface area contributed by atoms with Gasteiger partial charge in [-0.05, 0) is 42.0 Å². The molecule has 35 heavy (non-hydrogen) atoms. The Labute approximate surface area is 201 Å². The monoisotopic (exact) mass is 477 g/mol. The molecule has 0 spiro atoms. The summed E-state index contributed by atoms with van der Waals surface area (Å²) in [6.07, 6.45) is 9.10. The van der Waals surface area contributed by atoms with E-state index in [9.17, 15) is 19.2 Å². The van der Waals surface area contributed by atoms with Crippen molar-refractivity contribution in [3.05, 3.63) is 89.6 Å². The fourth-order valence-corrected chi connectivity index (χ4v) is 3.40. The first-order valence-electron chi connectivity index (χ1n) is 10.4. The molecule has 1 aromatic carbocycles. The van der Waals surface area contributed by atoms with Crippen LogP contribution in [0.4, 0.5) is 11.4 Å². The molecule has 1 aliphatic rings. The Bertz CT molecular complexity index is 1230. The molecule has 0 atom stereocenters. The number of para-hydroxylation sites is 1. The summed E-state index contributed by atoms with van der Waals surface area (Å²) in [6.45, 7) is 0. The average Bonchev–Trinajstić information content (AvgIpc) is 3.10. The van der Waals surface area contributed by atoms with Gasteiger partial charge in [0.25, 0.3) is 0 Å². The van der Waals surface area contributed by atoms with Crippen LogP contribution >= 0.6 is 0 Å². The summed E-state index contributed by atoms with van der Waals surface area (Å²) in [6, 6.07) is 7.99. The van der Waals surface area contributed by atoms with Crippen LogP contribution in [0.25, 0.3) is 0 Å². The van der Waals surface area contributed by atoms with Gasteiger partial charge in [-0.3, -0.25) is 9.78 Å². The quantitative estimate of drug-likeness (QED) is 0.473. The summed E-state index contributed by atoms with van der Waals surface area (Å²) >= 11 is 0. The predicted molar refractivity (Wildman–Crippen MR) is 126 cm³/mol. The molecule has 0 radical (unpaired) electrons. The lowest BCUT2D eigenvalue weighted by atomic mass is 10.1. The zero-order valence-electron chi connectivity index (χ0n) is 19.3. The Morgan fingerprint density at radius 2 is 1.57 bits per heavy atom. The van der Waals surface area contributed by atoms with E-state index in [1.165, 1.54) is 43.5 Å². The third-order valence-electron chi connectivity index (χ3n) is 4.96. The number of nitrogens with zero attached hydrogens (tertiary/aromatic N) is 2. The molecule has 0 aliphatic carbocycles. The van der Waals surface area contributed by atoms with E-state index in [1.807, 2.05) is 0 Å². The zero-order valence-corrected chi connectivity index (χ0v) is 19.3. The molecule has 10 heteroatoms. The van der Waals surface area contributed by atoms with E-state index in [0.717, 1.165) is 12.7 Å². The summed E-state index contributed by atoms with van der Waals surface area (Å²) in [7, 11) is 3.54. The maximum absolute atomic E-state index is 12.9. The number of hydrogen-bond acceptors (Lipinski definition) is 9. The number of allylic oxidation sites excluding steroid dienone is 2. The molecule has 1 aromatic heterocycles. The van der Waals surface area contributed by atoms with Crippen molar-refractivity contribution in [1.82, 2.24) is 4.98 Å². The number of esters is 3. The molecule has 0 unspecified atom stereocenters. The van der Waals surface area contributed by atoms with Gasteiger partial charge in [-0.2, -0.15) is 0 Å². The van der Waals surface area contributed by atoms with Crippen LogP contribution in [-0.4, -0.2) is 50.1 Å². The zero-order chi connectivity index (χ0) is 25.4. The van der Waals surface area contributed by atoms with Crippen LogP contribution in [0.5, 0.6) is 0 Å². The molecule has 1 N–H and O–H groups in total. The molecule has 2 heterocycles. The number of amides is 1. The van der Waals surface area contributed by atoms with Gasteiger partial charge in [0, 0.05) is 18.6 Å². The van der Waals surface area contributed by atoms with E-state index in [4.69, 9.17) is 14.2 Å². The van der Waals surface area contributed by atoms with Crippen molar-refractivity contribution in [2.24, 2.45) is 0 Å². The van der Waals surface area contributed by atoms with Crippen molar-refractivity contribution in [2.75, 3.05) is 31.5 Å². The lowest BCUT2D eigenvalue weighted by Gasteiger charge is -2.27. The van der Waals surface area contributed by atoms with Gasteiger partial charge >= 0.3 is 17.9 Å². The van der Waals surface area contributed by atoms with Crippen LogP contribution in [0.1, 0.15) is 15.9 Å². The Hall–Kier alpha value is -4.73. The van der Waals surface area contributed by atoms with Crippen molar-refractivity contribution in [1.29, 1.82) is 0 Å². The minimum Gasteiger partial charge on any atom is -0.465 e. The van der Waals surface area contributed by atoms with Crippen molar-refractivity contribution >= 4 is 35.2 Å². The molecule has 1 aliphatic heterocycles. The number of aromatic nitrogens is 1. The highest BCUT2D eigenvalue weighted by atomic mass is 16.5. The van der Waals surface area contributed by atoms with Crippen LogP contribution in [0.15, 0.2) is 78.4 Å². The first-order chi connectivity index (χ1) is 16.9. The van der Waals surface area contributed by atoms with Gasteiger partial charge in [-0.1, -0.05) is 12.1 Å². The first kappa shape index (κ1) is 24.9. The predicted octanol–water partition coefficient (Wildman–Crippen LogP) is 2.54. The van der Waals surface area contributed by atoms with E-state index >= 15 is 0 Å². The van der Waals surface area contributed by atoms with Gasteiger partial charge in [0.05, 0.1) is 50.3 Å². The lowest BCUT2D eigenvalue weighted by molar-refractivity contribution is -0.139. The second kappa shape index (κ2) is 11.4. The van der Waals surface area contributed by atoms with Crippen LogP contribution < -0.4 is 10.2 Å². The maximum Gasteiger partial charge on any atom is 0.355 e. The van der Waals surface area contributed by atoms with Crippen molar-refractivity contribution < 1.29 is 33.4 Å². The molecule has 0 fully saturated rings. The number of anilines is 2. The second-order valence-electron chi connectivity index (χ2n) is 7.09. The van der Waals surface area contributed by atoms with E-state index < -0.39 is 17.9 Å². The highest BCUT2D eigenvalue weighted by molar-refractivity contribution is 6.10. The minimum absolute atomic E-state index is 0.0337. The Balaban J connectivity index is 2.18. The number of rotatable bonds is 7. The van der Waals surface area contributed by atoms with Gasteiger partial charge in [0.15, 0.2) is 0 Å². The van der Waals surface area contributed by atoms with Gasteiger partial charge in [0.1, 0.15) is 5.70 Å². The number of carbonyl (C=O) groups is 4. The number of carbonyl (C=O) groups excluding carboxylic acids is 4. The normalized spacial score (nSPS) is 12.6. The standard InChI is InChI=1S/C25H23N3O7/c1-33-23(30)17-8-6-9-19(27-20(29)15-16-10-12-26-13-11-16)21(17)28-14-5-4-7-18(24(31)34-2)22(28)25(32)35-3/h4-14H,15H2,1-3H3,(H,27,29). The highest BCUT2D eigenvalue weighted by Gasteiger charge is 2.31. The Morgan fingerprint density at radius 1 is 0.886 bits per heavy atom. The van der Waals surface area contributed by atoms with Crippen LogP contribution in [0.2, 0.25) is 0 Å². The van der Waals surface area contributed by atoms with E-state index in [-0.39, 0.29) is 40.5 Å². The van der Waals surface area contributed by atoms with Gasteiger partial charge in [-0.15, -0.1) is 0 Å². The molecule has 3 rings (SSSR count). The maximum atomic E-state index is 12.9. The number of hydrogen-bond donors (Lipinski definition) is 1. The fraction of sp³-hybridized carbons (Fsp3) is 0.160.